The van der Waals surface area contributed by atoms with Crippen molar-refractivity contribution in [1.82, 2.24) is 4.90 Å². The Morgan fingerprint density at radius 3 is 2.47 bits per heavy atom. The van der Waals surface area contributed by atoms with Gasteiger partial charge in [0.05, 0.1) is 25.4 Å². The number of carbonyl (C=O) groups excluding carboxylic acids is 1. The Balaban J connectivity index is 0.00000229. The van der Waals surface area contributed by atoms with Gasteiger partial charge in [-0.2, -0.15) is 0 Å². The lowest BCUT2D eigenvalue weighted by molar-refractivity contribution is -0.162. The molecule has 5 aliphatic carbocycles. The maximum Gasteiger partial charge on any atom is 0.251 e. The molecule has 192 valence electrons. The fourth-order valence-corrected chi connectivity index (χ4v) is 11.4. The number of fused-ring (bicyclic) bond motifs is 4. The van der Waals surface area contributed by atoms with Gasteiger partial charge in [0.15, 0.2) is 0 Å². The van der Waals surface area contributed by atoms with Gasteiger partial charge in [-0.25, -0.2) is 0 Å². The van der Waals surface area contributed by atoms with Crippen LogP contribution in [0.2, 0.25) is 0 Å². The molecule has 0 aromatic rings. The van der Waals surface area contributed by atoms with Crippen LogP contribution in [0.15, 0.2) is 0 Å². The van der Waals surface area contributed by atoms with E-state index in [0.29, 0.717) is 54.4 Å². The van der Waals surface area contributed by atoms with Crippen molar-refractivity contribution in [3.05, 3.63) is 0 Å². The molecular weight excluding hydrogens is 426 g/mol. The van der Waals surface area contributed by atoms with Crippen LogP contribution in [0, 0.1) is 45.3 Å². The molecule has 10 atom stereocenters. The zero-order chi connectivity index (χ0) is 23.5. The minimum absolute atomic E-state index is 0. The van der Waals surface area contributed by atoms with Crippen molar-refractivity contribution >= 4 is 5.91 Å². The van der Waals surface area contributed by atoms with Gasteiger partial charge in [-0.1, -0.05) is 20.8 Å². The maximum absolute atomic E-state index is 13.2. The average Bonchev–Trinajstić information content (AvgIpc) is 3.42. The molecule has 0 bridgehead atoms. The van der Waals surface area contributed by atoms with Crippen LogP contribution in [0.5, 0.6) is 0 Å². The molecule has 0 radical (unpaired) electrons. The van der Waals surface area contributed by atoms with E-state index in [4.69, 9.17) is 9.47 Å². The third-order valence-corrected chi connectivity index (χ3v) is 13.2. The van der Waals surface area contributed by atoms with E-state index in [9.17, 15) is 9.90 Å². The van der Waals surface area contributed by atoms with E-state index in [2.05, 4.69) is 20.8 Å². The van der Waals surface area contributed by atoms with Crippen molar-refractivity contribution in [3.8, 4) is 0 Å². The van der Waals surface area contributed by atoms with Gasteiger partial charge < -0.3 is 19.5 Å². The fraction of sp³-hybridized carbons (Fsp3) is 0.966. The molecule has 7 aliphatic rings. The minimum Gasteiger partial charge on any atom is -0.393 e. The Bertz CT molecular complexity index is 875. The van der Waals surface area contributed by atoms with Crippen molar-refractivity contribution in [1.29, 1.82) is 0 Å². The van der Waals surface area contributed by atoms with Crippen molar-refractivity contribution in [3.63, 3.8) is 0 Å². The second kappa shape index (κ2) is 7.22. The van der Waals surface area contributed by atoms with E-state index in [1.54, 1.807) is 0 Å². The van der Waals surface area contributed by atoms with Gasteiger partial charge in [-0.3, -0.25) is 4.79 Å². The van der Waals surface area contributed by atoms with Gasteiger partial charge >= 0.3 is 0 Å². The molecule has 5 heteroatoms. The van der Waals surface area contributed by atoms with Crippen molar-refractivity contribution in [2.24, 2.45) is 45.3 Å². The molecule has 2 spiro atoms. The van der Waals surface area contributed by atoms with Crippen molar-refractivity contribution in [2.45, 2.75) is 103 Å². The molecule has 0 aromatic carbocycles. The molecule has 2 saturated heterocycles. The molecule has 7 rings (SSSR count). The largest absolute Gasteiger partial charge is 0.393 e. The predicted octanol–water partition coefficient (Wildman–Crippen LogP) is 4.66. The lowest BCUT2D eigenvalue weighted by Gasteiger charge is -2.59. The number of aliphatic hydroxyl groups is 1. The summed E-state index contributed by atoms with van der Waals surface area (Å²) >= 11 is 0. The first kappa shape index (κ1) is 22.5. The number of aliphatic hydroxyl groups excluding tert-OH is 1. The first-order chi connectivity index (χ1) is 16.2. The van der Waals surface area contributed by atoms with E-state index >= 15 is 0 Å². The zero-order valence-corrected chi connectivity index (χ0v) is 21.6. The Hall–Kier alpha value is -0.650. The molecule has 7 fully saturated rings. The molecule has 1 amide bonds. The minimum atomic E-state index is -0.235. The predicted molar refractivity (Wildman–Crippen MR) is 131 cm³/mol. The van der Waals surface area contributed by atoms with E-state index in [0.717, 1.165) is 31.1 Å². The van der Waals surface area contributed by atoms with Crippen molar-refractivity contribution in [2.75, 3.05) is 26.3 Å². The molecule has 1 N–H and O–H groups in total. The lowest BCUT2D eigenvalue weighted by Crippen LogP contribution is -2.54. The van der Waals surface area contributed by atoms with E-state index < -0.39 is 0 Å². The average molecular weight is 474 g/mol. The highest BCUT2D eigenvalue weighted by molar-refractivity contribution is 5.81. The summed E-state index contributed by atoms with van der Waals surface area (Å²) in [5.41, 5.74) is 1.48. The summed E-state index contributed by atoms with van der Waals surface area (Å²) in [6, 6.07) is 0. The number of hydrogen-bond donors (Lipinski definition) is 1. The first-order valence-corrected chi connectivity index (χ1v) is 14.4. The number of carbonyl (C=O) groups is 1. The van der Waals surface area contributed by atoms with E-state index in [1.165, 1.54) is 44.9 Å². The van der Waals surface area contributed by atoms with Crippen LogP contribution in [-0.2, 0) is 14.3 Å². The van der Waals surface area contributed by atoms with Crippen molar-refractivity contribution < 1.29 is 20.8 Å². The normalized spacial score (nSPS) is 55.3. The zero-order valence-electron chi connectivity index (χ0n) is 21.6. The highest BCUT2D eigenvalue weighted by atomic mass is 16.5. The molecule has 0 aromatic heterocycles. The SMILES string of the molecule is CC12CC[C@@]34CC35CC[C@H](O)C(C)(C)C5CCC4C1CC1OC(C(=O)N3CCOCC3)CCC12.[HH]. The van der Waals surface area contributed by atoms with Crippen LogP contribution >= 0.6 is 0 Å². The monoisotopic (exact) mass is 473 g/mol. The van der Waals surface area contributed by atoms with Crippen LogP contribution < -0.4 is 0 Å². The Labute approximate surface area is 206 Å². The summed E-state index contributed by atoms with van der Waals surface area (Å²) in [7, 11) is 0. The standard InChI is InChI=1S/C29H45NO4.H2/c1-26(2)23-7-5-18-20-16-22-19(4-6-21(34-22)25(32)30-12-14-33-15-13-30)27(20,3)10-11-28(18)17-29(23,28)9-8-24(26)31;/h18-24,31H,4-17H2,1-3H3;1H/t18?,19?,20?,21?,22?,23?,24-,27?,28-,29?;/m0./s1. The number of amides is 1. The third-order valence-electron chi connectivity index (χ3n) is 13.2. The molecule has 5 nitrogen and oxygen atoms in total. The van der Waals surface area contributed by atoms with Gasteiger partial charge in [0.25, 0.3) is 5.91 Å². The van der Waals surface area contributed by atoms with Gasteiger partial charge in [0.1, 0.15) is 6.10 Å². The number of ether oxygens (including phenoxy) is 2. The summed E-state index contributed by atoms with van der Waals surface area (Å²) in [5, 5.41) is 10.8. The fourth-order valence-electron chi connectivity index (χ4n) is 11.4. The number of rotatable bonds is 1. The van der Waals surface area contributed by atoms with E-state index in [1.807, 2.05) is 4.90 Å². The Morgan fingerprint density at radius 2 is 1.68 bits per heavy atom. The third kappa shape index (κ3) is 2.70. The number of morpholine rings is 1. The quantitative estimate of drug-likeness (QED) is 0.602. The molecule has 8 unspecified atom stereocenters. The van der Waals surface area contributed by atoms with Crippen LogP contribution in [-0.4, -0.2) is 60.5 Å². The van der Waals surface area contributed by atoms with Crippen LogP contribution in [0.1, 0.15) is 86.4 Å². The highest BCUT2D eigenvalue weighted by Crippen LogP contribution is 2.87. The molecule has 34 heavy (non-hydrogen) atoms. The van der Waals surface area contributed by atoms with Gasteiger partial charge in [0, 0.05) is 14.5 Å². The molecule has 5 saturated carbocycles. The van der Waals surface area contributed by atoms with Crippen LogP contribution in [0.4, 0.5) is 0 Å². The summed E-state index contributed by atoms with van der Waals surface area (Å²) in [5.74, 6) is 3.11. The van der Waals surface area contributed by atoms with Gasteiger partial charge in [0.2, 0.25) is 0 Å². The summed E-state index contributed by atoms with van der Waals surface area (Å²) in [4.78, 5) is 15.2. The summed E-state index contributed by atoms with van der Waals surface area (Å²) in [6.45, 7) is 10.0. The van der Waals surface area contributed by atoms with E-state index in [-0.39, 0.29) is 31.1 Å². The van der Waals surface area contributed by atoms with Crippen LogP contribution in [0.3, 0.4) is 0 Å². The van der Waals surface area contributed by atoms with Gasteiger partial charge in [-0.15, -0.1) is 0 Å². The summed E-state index contributed by atoms with van der Waals surface area (Å²) in [6.07, 6.45) is 12.2. The number of nitrogens with zero attached hydrogens (tertiary/aromatic N) is 1. The van der Waals surface area contributed by atoms with Crippen LogP contribution in [0.25, 0.3) is 0 Å². The lowest BCUT2D eigenvalue weighted by atomic mass is 9.46. The first-order valence-electron chi connectivity index (χ1n) is 14.4. The topological polar surface area (TPSA) is 59.0 Å². The molecule has 2 aliphatic heterocycles. The second-order valence-corrected chi connectivity index (χ2v) is 14.2. The smallest absolute Gasteiger partial charge is 0.251 e. The molecular formula is C29H47NO4. The highest BCUT2D eigenvalue weighted by Gasteiger charge is 2.80. The maximum atomic E-state index is 13.2. The second-order valence-electron chi connectivity index (χ2n) is 14.2. The molecule has 2 heterocycles. The Kier molecular flexibility index (Phi) is 4.79. The summed E-state index contributed by atoms with van der Waals surface area (Å²) < 4.78 is 12.2. The Morgan fingerprint density at radius 1 is 0.912 bits per heavy atom. The van der Waals surface area contributed by atoms with Gasteiger partial charge in [-0.05, 0) is 110 Å². The number of hydrogen-bond acceptors (Lipinski definition) is 4.